The number of aliphatic hydroxyl groups is 2. The topological polar surface area (TPSA) is 138 Å². The number of hydrazone groups is 1. The third-order valence-electron chi connectivity index (χ3n) is 11.2. The van der Waals surface area contributed by atoms with Crippen LogP contribution in [0.2, 0.25) is 0 Å². The van der Waals surface area contributed by atoms with Gasteiger partial charge in [-0.3, -0.25) is 0 Å². The van der Waals surface area contributed by atoms with Crippen LogP contribution in [0.25, 0.3) is 0 Å². The Balaban J connectivity index is 1.28. The van der Waals surface area contributed by atoms with Crippen LogP contribution in [0.5, 0.6) is 0 Å². The lowest BCUT2D eigenvalue weighted by atomic mass is 9.43. The first-order chi connectivity index (χ1) is 18.2. The number of benzene rings is 1. The van der Waals surface area contributed by atoms with Crippen molar-refractivity contribution in [3.8, 4) is 0 Å². The molecule has 0 radical (unpaired) electrons. The van der Waals surface area contributed by atoms with Crippen molar-refractivity contribution in [3.05, 3.63) is 30.3 Å². The average molecular weight is 526 g/mol. The van der Waals surface area contributed by atoms with Gasteiger partial charge in [-0.1, -0.05) is 32.0 Å². The zero-order valence-electron chi connectivity index (χ0n) is 23.1. The zero-order chi connectivity index (χ0) is 27.0. The monoisotopic (exact) mass is 525 g/mol. The summed E-state index contributed by atoms with van der Waals surface area (Å²) in [6.45, 7) is 5.97. The number of nitrogens with one attached hydrogen (secondary N) is 1. The minimum atomic E-state index is -1.21. The molecular weight excluding hydrogens is 478 g/mol. The number of guanidine groups is 1. The van der Waals surface area contributed by atoms with Crippen molar-refractivity contribution < 1.29 is 14.9 Å². The van der Waals surface area contributed by atoms with E-state index in [0.29, 0.717) is 37.3 Å². The van der Waals surface area contributed by atoms with Crippen molar-refractivity contribution in [2.75, 3.05) is 13.2 Å². The van der Waals surface area contributed by atoms with Crippen LogP contribution in [-0.4, -0.2) is 52.8 Å². The molecule has 5 rings (SSSR count). The summed E-state index contributed by atoms with van der Waals surface area (Å²) in [6, 6.07) is 9.43. The fourth-order valence-electron chi connectivity index (χ4n) is 8.80. The van der Waals surface area contributed by atoms with E-state index in [1.807, 2.05) is 30.3 Å². The van der Waals surface area contributed by atoms with Gasteiger partial charge in [0.25, 0.3) is 0 Å². The molecule has 7 N–H and O–H groups in total. The van der Waals surface area contributed by atoms with Gasteiger partial charge in [0.15, 0.2) is 0 Å². The molecule has 8 heteroatoms. The first-order valence-electron chi connectivity index (χ1n) is 14.6. The first kappa shape index (κ1) is 27.6. The summed E-state index contributed by atoms with van der Waals surface area (Å²) in [5.41, 5.74) is 12.6. The molecule has 4 saturated carbocycles. The Morgan fingerprint density at radius 1 is 1.05 bits per heavy atom. The normalized spacial score (nSPS) is 42.9. The van der Waals surface area contributed by atoms with Gasteiger partial charge in [0.2, 0.25) is 5.96 Å². The maximum absolute atomic E-state index is 12.4. The second kappa shape index (κ2) is 10.5. The summed E-state index contributed by atoms with van der Waals surface area (Å²) in [5, 5.41) is 28.6. The number of hydrogen-bond acceptors (Lipinski definition) is 6. The maximum Gasteiger partial charge on any atom is 0.214 e. The highest BCUT2D eigenvalue weighted by atomic mass is 16.5. The van der Waals surface area contributed by atoms with Gasteiger partial charge in [-0.25, -0.2) is 10.4 Å². The molecule has 0 saturated heterocycles. The molecule has 4 aliphatic rings. The molecule has 1 aromatic carbocycles. The lowest BCUT2D eigenvalue weighted by Crippen LogP contribution is -2.65. The Morgan fingerprint density at radius 3 is 2.61 bits per heavy atom. The fourth-order valence-corrected chi connectivity index (χ4v) is 8.80. The van der Waals surface area contributed by atoms with Crippen molar-refractivity contribution in [2.24, 2.45) is 50.1 Å². The largest absolute Gasteiger partial charge is 0.389 e. The van der Waals surface area contributed by atoms with E-state index in [1.165, 1.54) is 0 Å². The van der Waals surface area contributed by atoms with Crippen LogP contribution in [0.4, 0.5) is 5.69 Å². The van der Waals surface area contributed by atoms with E-state index < -0.39 is 16.6 Å². The van der Waals surface area contributed by atoms with Crippen molar-refractivity contribution in [1.82, 2.24) is 5.43 Å². The lowest BCUT2D eigenvalue weighted by molar-refractivity contribution is -0.225. The minimum absolute atomic E-state index is 0.159. The second-order valence-corrected chi connectivity index (χ2v) is 12.8. The SMILES string of the molecule is C[C@]12CC[C@H](OCCCN)C[C@H]1CC[C@@H]1[C@@H]2CC[C@]2(C)[C@@](O)(/C=N/NC(N)=Nc3ccccc3)CC[C@]12O. The van der Waals surface area contributed by atoms with Gasteiger partial charge in [-0.05, 0) is 106 Å². The Bertz CT molecular complexity index is 1040. The number of nitrogens with two attached hydrogens (primary N) is 2. The fraction of sp³-hybridized carbons (Fsp3) is 0.733. The third kappa shape index (κ3) is 4.57. The van der Waals surface area contributed by atoms with Crippen molar-refractivity contribution in [2.45, 2.75) is 95.4 Å². The Kier molecular flexibility index (Phi) is 7.63. The quantitative estimate of drug-likeness (QED) is 0.159. The van der Waals surface area contributed by atoms with Crippen LogP contribution in [0.3, 0.4) is 0 Å². The summed E-state index contributed by atoms with van der Waals surface area (Å²) in [6.07, 6.45) is 11.2. The van der Waals surface area contributed by atoms with Gasteiger partial charge in [-0.15, -0.1) is 0 Å². The van der Waals surface area contributed by atoms with Crippen molar-refractivity contribution in [1.29, 1.82) is 0 Å². The van der Waals surface area contributed by atoms with Crippen LogP contribution in [0, 0.1) is 28.6 Å². The Hall–Kier alpha value is -2.00. The average Bonchev–Trinajstić information content (AvgIpc) is 3.11. The number of aliphatic imine (C=N–C) groups is 1. The Labute approximate surface area is 227 Å². The van der Waals surface area contributed by atoms with E-state index in [1.54, 1.807) is 6.21 Å². The number of para-hydroxylation sites is 1. The van der Waals surface area contributed by atoms with Crippen LogP contribution in [-0.2, 0) is 4.74 Å². The molecule has 0 heterocycles. The molecule has 0 spiro atoms. The van der Waals surface area contributed by atoms with Crippen LogP contribution >= 0.6 is 0 Å². The van der Waals surface area contributed by atoms with Crippen LogP contribution < -0.4 is 16.9 Å². The molecule has 1 aromatic rings. The smallest absolute Gasteiger partial charge is 0.214 e. The highest BCUT2D eigenvalue weighted by molar-refractivity contribution is 5.82. The summed E-state index contributed by atoms with van der Waals surface area (Å²) in [4.78, 5) is 4.31. The van der Waals surface area contributed by atoms with Crippen LogP contribution in [0.1, 0.15) is 78.1 Å². The summed E-state index contributed by atoms with van der Waals surface area (Å²) >= 11 is 0. The predicted octanol–water partition coefficient (Wildman–Crippen LogP) is 3.83. The molecule has 210 valence electrons. The number of nitrogens with zero attached hydrogens (tertiary/aromatic N) is 2. The molecule has 0 unspecified atom stereocenters. The maximum atomic E-state index is 12.4. The molecule has 4 aliphatic carbocycles. The molecule has 38 heavy (non-hydrogen) atoms. The van der Waals surface area contributed by atoms with Gasteiger partial charge >= 0.3 is 0 Å². The van der Waals surface area contributed by atoms with Gasteiger partial charge in [0.05, 0.1) is 23.6 Å². The van der Waals surface area contributed by atoms with E-state index in [9.17, 15) is 10.2 Å². The number of ether oxygens (including phenoxy) is 1. The number of fused-ring (bicyclic) bond motifs is 5. The van der Waals surface area contributed by atoms with Gasteiger partial charge in [0, 0.05) is 12.0 Å². The van der Waals surface area contributed by atoms with Gasteiger partial charge in [0.1, 0.15) is 5.60 Å². The second-order valence-electron chi connectivity index (χ2n) is 12.8. The predicted molar refractivity (Wildman–Crippen MR) is 151 cm³/mol. The summed E-state index contributed by atoms with van der Waals surface area (Å²) in [5.74, 6) is 1.45. The standard InChI is InChI=1S/C30H47N5O3/c1-27-13-11-23(38-18-6-17-31)19-21(27)9-10-25-24(27)12-14-28(2)29(36,15-16-30(25,28)37)20-33-35-26(32)34-22-7-4-3-5-8-22/h3-5,7-8,20-21,23-25,36-37H,6,9-19,31H2,1-2H3,(H3,32,34,35)/b33-20+/t21-,23+,24+,25-,27+,28-,29+,30+/m1/s1. The van der Waals surface area contributed by atoms with E-state index in [-0.39, 0.29) is 17.3 Å². The molecule has 0 amide bonds. The molecular formula is C30H47N5O3. The molecule has 8 atom stereocenters. The first-order valence-corrected chi connectivity index (χ1v) is 14.6. The van der Waals surface area contributed by atoms with Crippen LogP contribution in [0.15, 0.2) is 40.4 Å². The van der Waals surface area contributed by atoms with E-state index in [2.05, 4.69) is 29.4 Å². The molecule has 8 nitrogen and oxygen atoms in total. The molecule has 0 bridgehead atoms. The minimum Gasteiger partial charge on any atom is -0.389 e. The van der Waals surface area contributed by atoms with Gasteiger partial charge < -0.3 is 26.4 Å². The number of rotatable bonds is 7. The van der Waals surface area contributed by atoms with E-state index >= 15 is 0 Å². The van der Waals surface area contributed by atoms with Crippen molar-refractivity contribution in [3.63, 3.8) is 0 Å². The zero-order valence-corrected chi connectivity index (χ0v) is 23.1. The highest BCUT2D eigenvalue weighted by Crippen LogP contribution is 2.69. The van der Waals surface area contributed by atoms with Gasteiger partial charge in [-0.2, -0.15) is 5.10 Å². The van der Waals surface area contributed by atoms with E-state index in [0.717, 1.165) is 63.7 Å². The Morgan fingerprint density at radius 2 is 1.84 bits per heavy atom. The summed E-state index contributed by atoms with van der Waals surface area (Å²) in [7, 11) is 0. The highest BCUT2D eigenvalue weighted by Gasteiger charge is 2.71. The lowest BCUT2D eigenvalue weighted by Gasteiger charge is -2.64. The summed E-state index contributed by atoms with van der Waals surface area (Å²) < 4.78 is 6.17. The molecule has 4 fully saturated rings. The van der Waals surface area contributed by atoms with E-state index in [4.69, 9.17) is 16.2 Å². The molecule has 0 aromatic heterocycles. The van der Waals surface area contributed by atoms with Crippen molar-refractivity contribution >= 4 is 17.9 Å². The third-order valence-corrected chi connectivity index (χ3v) is 11.2. The number of hydrogen-bond donors (Lipinski definition) is 5. The molecule has 0 aliphatic heterocycles.